The van der Waals surface area contributed by atoms with Gasteiger partial charge >= 0.3 is 5.97 Å². The Kier molecular flexibility index (Phi) is 7.43. The topological polar surface area (TPSA) is 109 Å². The van der Waals surface area contributed by atoms with Gasteiger partial charge < -0.3 is 28.1 Å². The number of carbonyl (C=O) groups is 2. The van der Waals surface area contributed by atoms with Crippen LogP contribution in [0.5, 0.6) is 23.0 Å². The fourth-order valence-electron chi connectivity index (χ4n) is 3.93. The number of ether oxygens (including phenoxy) is 5. The highest BCUT2D eigenvalue weighted by Gasteiger charge is 2.35. The van der Waals surface area contributed by atoms with Gasteiger partial charge in [0, 0.05) is 6.42 Å². The van der Waals surface area contributed by atoms with Crippen molar-refractivity contribution in [3.05, 3.63) is 71.7 Å². The van der Waals surface area contributed by atoms with Crippen molar-refractivity contribution in [1.29, 1.82) is 0 Å². The molecule has 0 N–H and O–H groups in total. The molecule has 36 heavy (non-hydrogen) atoms. The molecule has 2 aromatic carbocycles. The second-order valence-corrected chi connectivity index (χ2v) is 7.71. The molecule has 0 saturated carbocycles. The van der Waals surface area contributed by atoms with E-state index in [-0.39, 0.29) is 17.1 Å². The van der Waals surface area contributed by atoms with Gasteiger partial charge in [-0.15, -0.1) is 0 Å². The quantitative estimate of drug-likeness (QED) is 0.413. The van der Waals surface area contributed by atoms with Crippen LogP contribution >= 0.6 is 0 Å². The Morgan fingerprint density at radius 3 is 2.31 bits per heavy atom. The van der Waals surface area contributed by atoms with Crippen LogP contribution in [-0.4, -0.2) is 57.6 Å². The maximum Gasteiger partial charge on any atom is 0.342 e. The van der Waals surface area contributed by atoms with Gasteiger partial charge in [0.05, 0.1) is 40.4 Å². The summed E-state index contributed by atoms with van der Waals surface area (Å²) in [5, 5.41) is 5.82. The molecule has 1 aliphatic rings. The number of esters is 1. The van der Waals surface area contributed by atoms with Gasteiger partial charge in [0.15, 0.2) is 18.1 Å². The normalized spacial score (nSPS) is 14.7. The number of rotatable bonds is 9. The summed E-state index contributed by atoms with van der Waals surface area (Å²) in [6.45, 7) is -0.535. The summed E-state index contributed by atoms with van der Waals surface area (Å²) in [5.41, 5.74) is 1.63. The average molecular weight is 495 g/mol. The van der Waals surface area contributed by atoms with E-state index in [1.807, 2.05) is 24.3 Å². The van der Waals surface area contributed by atoms with E-state index < -0.39 is 24.5 Å². The molecule has 188 valence electrons. The Bertz CT molecular complexity index is 1250. The van der Waals surface area contributed by atoms with Crippen molar-refractivity contribution >= 4 is 17.6 Å². The summed E-state index contributed by atoms with van der Waals surface area (Å²) in [4.78, 5) is 26.0. The molecule has 1 unspecified atom stereocenters. The number of furan rings is 1. The second-order valence-electron chi connectivity index (χ2n) is 7.71. The molecule has 2 heterocycles. The molecule has 1 atom stereocenters. The molecule has 10 nitrogen and oxygen atoms in total. The highest BCUT2D eigenvalue weighted by molar-refractivity contribution is 6.03. The van der Waals surface area contributed by atoms with Gasteiger partial charge in [-0.1, -0.05) is 0 Å². The Balaban J connectivity index is 1.53. The molecule has 0 radical (unpaired) electrons. The molecule has 1 amide bonds. The van der Waals surface area contributed by atoms with E-state index in [4.69, 9.17) is 28.1 Å². The van der Waals surface area contributed by atoms with Gasteiger partial charge in [-0.05, 0) is 54.1 Å². The minimum atomic E-state index is -0.755. The summed E-state index contributed by atoms with van der Waals surface area (Å²) in [6.07, 6.45) is 1.97. The lowest BCUT2D eigenvalue weighted by atomic mass is 10.0. The predicted octanol–water partition coefficient (Wildman–Crippen LogP) is 3.85. The number of methoxy groups -OCH3 is 4. The van der Waals surface area contributed by atoms with Crippen LogP contribution in [0, 0.1) is 0 Å². The number of hydrogen-bond donors (Lipinski definition) is 0. The van der Waals surface area contributed by atoms with Crippen LogP contribution in [0.3, 0.4) is 0 Å². The molecule has 3 aromatic rings. The van der Waals surface area contributed by atoms with Crippen molar-refractivity contribution in [1.82, 2.24) is 5.01 Å². The smallest absolute Gasteiger partial charge is 0.342 e. The zero-order valence-electron chi connectivity index (χ0n) is 20.3. The summed E-state index contributed by atoms with van der Waals surface area (Å²) in [5.74, 6) is 0.798. The molecule has 0 bridgehead atoms. The molecular weight excluding hydrogens is 468 g/mol. The largest absolute Gasteiger partial charge is 0.497 e. The van der Waals surface area contributed by atoms with E-state index in [1.54, 1.807) is 25.3 Å². The SMILES string of the molecule is COc1ccc(C2=NN(C(=O)COC(=O)c3ccc(OC)c(OC)c3OC)C(c3ccco3)C2)cc1. The van der Waals surface area contributed by atoms with Gasteiger partial charge in [-0.25, -0.2) is 9.80 Å². The predicted molar refractivity (Wildman–Crippen MR) is 129 cm³/mol. The molecule has 0 spiro atoms. The fourth-order valence-corrected chi connectivity index (χ4v) is 3.93. The fraction of sp³-hybridized carbons (Fsp3) is 0.269. The zero-order chi connectivity index (χ0) is 25.7. The number of benzene rings is 2. The van der Waals surface area contributed by atoms with Crippen molar-refractivity contribution < 1.29 is 37.7 Å². The van der Waals surface area contributed by atoms with E-state index in [9.17, 15) is 9.59 Å². The van der Waals surface area contributed by atoms with Crippen molar-refractivity contribution in [3.8, 4) is 23.0 Å². The standard InChI is InChI=1S/C26H26N2O8/c1-31-17-9-7-16(8-10-17)19-14-20(21-6-5-13-35-21)28(27-19)23(29)15-36-26(30)18-11-12-22(32-2)25(34-4)24(18)33-3/h5-13,20H,14-15H2,1-4H3. The first kappa shape index (κ1) is 24.6. The third-order valence-corrected chi connectivity index (χ3v) is 5.71. The van der Waals surface area contributed by atoms with Crippen LogP contribution in [0.1, 0.15) is 34.1 Å². The first-order valence-corrected chi connectivity index (χ1v) is 11.0. The Hall–Kier alpha value is -4.47. The lowest BCUT2D eigenvalue weighted by Crippen LogP contribution is -2.31. The minimum absolute atomic E-state index is 0.0920. The average Bonchev–Trinajstić information content (AvgIpc) is 3.61. The summed E-state index contributed by atoms with van der Waals surface area (Å²) in [6, 6.07) is 13.5. The maximum absolute atomic E-state index is 13.1. The van der Waals surface area contributed by atoms with Crippen LogP contribution in [0.4, 0.5) is 0 Å². The molecular formula is C26H26N2O8. The van der Waals surface area contributed by atoms with Gasteiger partial charge in [0.25, 0.3) is 5.91 Å². The first-order chi connectivity index (χ1) is 17.5. The van der Waals surface area contributed by atoms with Crippen LogP contribution in [0.2, 0.25) is 0 Å². The van der Waals surface area contributed by atoms with Crippen molar-refractivity contribution in [2.75, 3.05) is 35.0 Å². The Morgan fingerprint density at radius 1 is 0.944 bits per heavy atom. The molecule has 10 heteroatoms. The summed E-state index contributed by atoms with van der Waals surface area (Å²) in [7, 11) is 5.89. The monoisotopic (exact) mass is 494 g/mol. The number of nitrogens with zero attached hydrogens (tertiary/aromatic N) is 2. The van der Waals surface area contributed by atoms with Crippen molar-refractivity contribution in [2.45, 2.75) is 12.5 Å². The lowest BCUT2D eigenvalue weighted by molar-refractivity contribution is -0.136. The van der Waals surface area contributed by atoms with Gasteiger partial charge in [-0.3, -0.25) is 4.79 Å². The number of carbonyl (C=O) groups excluding carboxylic acids is 2. The Morgan fingerprint density at radius 2 is 1.69 bits per heavy atom. The van der Waals surface area contributed by atoms with E-state index in [2.05, 4.69) is 5.10 Å². The van der Waals surface area contributed by atoms with Crippen LogP contribution < -0.4 is 18.9 Å². The highest BCUT2D eigenvalue weighted by Crippen LogP contribution is 2.40. The first-order valence-electron chi connectivity index (χ1n) is 11.0. The third-order valence-electron chi connectivity index (χ3n) is 5.71. The number of hydrogen-bond acceptors (Lipinski definition) is 9. The number of hydrazone groups is 1. The maximum atomic E-state index is 13.1. The van der Waals surface area contributed by atoms with Gasteiger partial charge in [-0.2, -0.15) is 5.10 Å². The highest BCUT2D eigenvalue weighted by atomic mass is 16.5. The van der Waals surface area contributed by atoms with E-state index in [0.29, 0.717) is 29.4 Å². The van der Waals surface area contributed by atoms with Gasteiger partial charge in [0.1, 0.15) is 23.1 Å². The van der Waals surface area contributed by atoms with Crippen LogP contribution in [0.25, 0.3) is 0 Å². The third kappa shape index (κ3) is 4.83. The Labute approximate surface area is 207 Å². The van der Waals surface area contributed by atoms with Crippen molar-refractivity contribution in [3.63, 3.8) is 0 Å². The van der Waals surface area contributed by atoms with Crippen LogP contribution in [-0.2, 0) is 9.53 Å². The minimum Gasteiger partial charge on any atom is -0.497 e. The van der Waals surface area contributed by atoms with E-state index in [1.165, 1.54) is 38.7 Å². The molecule has 0 fully saturated rings. The van der Waals surface area contributed by atoms with E-state index >= 15 is 0 Å². The molecule has 0 saturated heterocycles. The molecule has 4 rings (SSSR count). The number of amides is 1. The molecule has 1 aliphatic heterocycles. The van der Waals surface area contributed by atoms with Gasteiger partial charge in [0.2, 0.25) is 5.75 Å². The summed E-state index contributed by atoms with van der Waals surface area (Å²) >= 11 is 0. The zero-order valence-corrected chi connectivity index (χ0v) is 20.3. The van der Waals surface area contributed by atoms with E-state index in [0.717, 1.165) is 5.56 Å². The molecule has 1 aromatic heterocycles. The molecule has 0 aliphatic carbocycles. The lowest BCUT2D eigenvalue weighted by Gasteiger charge is -2.20. The summed E-state index contributed by atoms with van der Waals surface area (Å²) < 4.78 is 32.0. The second kappa shape index (κ2) is 10.9. The van der Waals surface area contributed by atoms with Crippen molar-refractivity contribution in [2.24, 2.45) is 5.10 Å². The van der Waals surface area contributed by atoms with Crippen LogP contribution in [0.15, 0.2) is 64.3 Å².